The summed E-state index contributed by atoms with van der Waals surface area (Å²) >= 11 is 0. The zero-order valence-electron chi connectivity index (χ0n) is 13.7. The van der Waals surface area contributed by atoms with Crippen LogP contribution in [0.5, 0.6) is 0 Å². The molecule has 0 radical (unpaired) electrons. The van der Waals surface area contributed by atoms with Crippen molar-refractivity contribution in [1.29, 1.82) is 0 Å². The molecule has 0 saturated carbocycles. The maximum atomic E-state index is 13.2. The third-order valence-corrected chi connectivity index (χ3v) is 3.40. The third-order valence-electron chi connectivity index (χ3n) is 3.40. The predicted molar refractivity (Wildman–Crippen MR) is 91.7 cm³/mol. The fraction of sp³-hybridized carbons (Fsp3) is 0.125. The normalized spacial score (nSPS) is 10.1. The Morgan fingerprint density at radius 1 is 1.00 bits per heavy atom. The SMILES string of the molecule is O=C(CCNC(=O)c1ccc([N+](=O)[O-])cc1)Nc1ccc(F)c([N+](=O)[O-])c1. The number of nitro groups is 2. The van der Waals surface area contributed by atoms with Gasteiger partial charge in [-0.05, 0) is 24.3 Å². The lowest BCUT2D eigenvalue weighted by Crippen LogP contribution is -2.27. The first-order valence-corrected chi connectivity index (χ1v) is 7.54. The Hall–Kier alpha value is -3.89. The molecule has 2 aromatic carbocycles. The van der Waals surface area contributed by atoms with Gasteiger partial charge in [0.05, 0.1) is 9.85 Å². The van der Waals surface area contributed by atoms with Gasteiger partial charge in [0.25, 0.3) is 11.6 Å². The van der Waals surface area contributed by atoms with E-state index in [1.54, 1.807) is 0 Å². The zero-order chi connectivity index (χ0) is 20.0. The van der Waals surface area contributed by atoms with Crippen LogP contribution in [0.15, 0.2) is 42.5 Å². The standard InChI is InChI=1S/C16H13FN4O6/c17-13-6-3-11(9-14(13)21(26)27)19-15(22)7-8-18-16(23)10-1-4-12(5-2-10)20(24)25/h1-6,9H,7-8H2,(H,18,23)(H,19,22). The fourth-order valence-corrected chi connectivity index (χ4v) is 2.08. The van der Waals surface area contributed by atoms with Gasteiger partial charge in [-0.3, -0.25) is 29.8 Å². The molecule has 140 valence electrons. The van der Waals surface area contributed by atoms with Crippen molar-refractivity contribution in [3.63, 3.8) is 0 Å². The number of hydrogen-bond donors (Lipinski definition) is 2. The lowest BCUT2D eigenvalue weighted by Gasteiger charge is -2.07. The van der Waals surface area contributed by atoms with E-state index in [0.29, 0.717) is 0 Å². The molecule has 10 nitrogen and oxygen atoms in total. The summed E-state index contributed by atoms with van der Waals surface area (Å²) in [5.74, 6) is -2.08. The minimum absolute atomic E-state index is 0.0368. The minimum Gasteiger partial charge on any atom is -0.352 e. The van der Waals surface area contributed by atoms with Crippen molar-refractivity contribution in [3.8, 4) is 0 Å². The molecule has 0 saturated heterocycles. The summed E-state index contributed by atoms with van der Waals surface area (Å²) < 4.78 is 13.2. The average Bonchev–Trinajstić information content (AvgIpc) is 2.63. The van der Waals surface area contributed by atoms with Crippen molar-refractivity contribution >= 4 is 28.9 Å². The molecule has 2 aromatic rings. The molecule has 0 aromatic heterocycles. The van der Waals surface area contributed by atoms with Gasteiger partial charge in [-0.15, -0.1) is 0 Å². The van der Waals surface area contributed by atoms with Crippen LogP contribution >= 0.6 is 0 Å². The molecule has 0 spiro atoms. The number of non-ortho nitro benzene ring substituents is 1. The quantitative estimate of drug-likeness (QED) is 0.561. The van der Waals surface area contributed by atoms with E-state index in [9.17, 15) is 34.2 Å². The van der Waals surface area contributed by atoms with Crippen LogP contribution in [0.4, 0.5) is 21.5 Å². The van der Waals surface area contributed by atoms with Crippen molar-refractivity contribution in [2.75, 3.05) is 11.9 Å². The highest BCUT2D eigenvalue weighted by Gasteiger charge is 2.15. The van der Waals surface area contributed by atoms with Gasteiger partial charge >= 0.3 is 5.69 Å². The number of amides is 2. The van der Waals surface area contributed by atoms with Crippen LogP contribution in [0.3, 0.4) is 0 Å². The van der Waals surface area contributed by atoms with Crippen molar-refractivity contribution in [2.45, 2.75) is 6.42 Å². The molecule has 2 amide bonds. The molecule has 0 fully saturated rings. The third kappa shape index (κ3) is 5.29. The van der Waals surface area contributed by atoms with Gasteiger partial charge in [-0.1, -0.05) is 0 Å². The predicted octanol–water partition coefficient (Wildman–Crippen LogP) is 2.40. The van der Waals surface area contributed by atoms with Gasteiger partial charge in [0.1, 0.15) is 0 Å². The van der Waals surface area contributed by atoms with Gasteiger partial charge in [-0.2, -0.15) is 4.39 Å². The second-order valence-electron chi connectivity index (χ2n) is 5.28. The monoisotopic (exact) mass is 376 g/mol. The highest BCUT2D eigenvalue weighted by atomic mass is 19.1. The average molecular weight is 376 g/mol. The Morgan fingerprint density at radius 3 is 2.26 bits per heavy atom. The summed E-state index contributed by atoms with van der Waals surface area (Å²) in [4.78, 5) is 43.4. The van der Waals surface area contributed by atoms with Crippen molar-refractivity contribution in [3.05, 3.63) is 74.1 Å². The lowest BCUT2D eigenvalue weighted by molar-refractivity contribution is -0.387. The molecule has 2 rings (SSSR count). The highest BCUT2D eigenvalue weighted by Crippen LogP contribution is 2.21. The summed E-state index contributed by atoms with van der Waals surface area (Å²) in [6.07, 6.45) is -0.135. The second-order valence-corrected chi connectivity index (χ2v) is 5.28. The van der Waals surface area contributed by atoms with E-state index < -0.39 is 33.2 Å². The van der Waals surface area contributed by atoms with Crippen LogP contribution in [0.25, 0.3) is 0 Å². The maximum Gasteiger partial charge on any atom is 0.306 e. The number of benzene rings is 2. The van der Waals surface area contributed by atoms with Crippen LogP contribution in [0.2, 0.25) is 0 Å². The Bertz CT molecular complexity index is 900. The van der Waals surface area contributed by atoms with E-state index >= 15 is 0 Å². The van der Waals surface area contributed by atoms with Gasteiger partial charge in [0.2, 0.25) is 11.7 Å². The van der Waals surface area contributed by atoms with Crippen LogP contribution in [0, 0.1) is 26.0 Å². The molecular weight excluding hydrogens is 363 g/mol. The first-order valence-electron chi connectivity index (χ1n) is 7.54. The summed E-state index contributed by atoms with van der Waals surface area (Å²) in [5, 5.41) is 26.1. The van der Waals surface area contributed by atoms with Gasteiger partial charge in [0, 0.05) is 42.4 Å². The number of rotatable bonds is 7. The van der Waals surface area contributed by atoms with Gasteiger partial charge < -0.3 is 10.6 Å². The molecule has 0 aliphatic carbocycles. The number of nitro benzene ring substituents is 2. The van der Waals surface area contributed by atoms with Crippen LogP contribution in [-0.2, 0) is 4.79 Å². The largest absolute Gasteiger partial charge is 0.352 e. The zero-order valence-corrected chi connectivity index (χ0v) is 13.7. The first-order chi connectivity index (χ1) is 12.8. The number of hydrogen-bond acceptors (Lipinski definition) is 6. The maximum absolute atomic E-state index is 13.2. The second kappa shape index (κ2) is 8.47. The van der Waals surface area contributed by atoms with Crippen LogP contribution in [0.1, 0.15) is 16.8 Å². The Kier molecular flexibility index (Phi) is 6.10. The number of nitrogens with one attached hydrogen (secondary N) is 2. The number of carbonyl (C=O) groups is 2. The summed E-state index contributed by atoms with van der Waals surface area (Å²) in [5.41, 5.74) is -0.677. The lowest BCUT2D eigenvalue weighted by atomic mass is 10.2. The smallest absolute Gasteiger partial charge is 0.306 e. The molecule has 0 aliphatic heterocycles. The summed E-state index contributed by atoms with van der Waals surface area (Å²) in [6.45, 7) is -0.0368. The van der Waals surface area contributed by atoms with Crippen LogP contribution < -0.4 is 10.6 Å². The van der Waals surface area contributed by atoms with E-state index in [-0.39, 0.29) is 29.9 Å². The van der Waals surface area contributed by atoms with E-state index in [2.05, 4.69) is 10.6 Å². The van der Waals surface area contributed by atoms with E-state index in [1.165, 1.54) is 30.3 Å². The molecule has 0 atom stereocenters. The van der Waals surface area contributed by atoms with E-state index in [4.69, 9.17) is 0 Å². The Labute approximate surface area is 151 Å². The number of carbonyl (C=O) groups excluding carboxylic acids is 2. The molecule has 0 heterocycles. The molecule has 0 aliphatic rings. The topological polar surface area (TPSA) is 144 Å². The van der Waals surface area contributed by atoms with Gasteiger partial charge in [0.15, 0.2) is 0 Å². The highest BCUT2D eigenvalue weighted by molar-refractivity contribution is 5.95. The molecular formula is C16H13FN4O6. The Morgan fingerprint density at radius 2 is 1.67 bits per heavy atom. The van der Waals surface area contributed by atoms with Gasteiger partial charge in [-0.25, -0.2) is 0 Å². The fourth-order valence-electron chi connectivity index (χ4n) is 2.08. The molecule has 0 unspecified atom stereocenters. The van der Waals surface area contributed by atoms with Crippen LogP contribution in [-0.4, -0.2) is 28.2 Å². The number of anilines is 1. The molecule has 2 N–H and O–H groups in total. The summed E-state index contributed by atoms with van der Waals surface area (Å²) in [7, 11) is 0. The summed E-state index contributed by atoms with van der Waals surface area (Å²) in [6, 6.07) is 7.87. The Balaban J connectivity index is 1.85. The van der Waals surface area contributed by atoms with E-state index in [0.717, 1.165) is 12.1 Å². The minimum atomic E-state index is -1.02. The first kappa shape index (κ1) is 19.4. The number of halogens is 1. The van der Waals surface area contributed by atoms with Crippen molar-refractivity contribution in [2.24, 2.45) is 0 Å². The molecule has 11 heteroatoms. The van der Waals surface area contributed by atoms with E-state index in [1.807, 2.05) is 0 Å². The van der Waals surface area contributed by atoms with Crippen molar-refractivity contribution < 1.29 is 23.8 Å². The van der Waals surface area contributed by atoms with Crippen molar-refractivity contribution in [1.82, 2.24) is 5.32 Å². The number of nitrogens with zero attached hydrogens (tertiary/aromatic N) is 2. The molecule has 0 bridgehead atoms. The molecule has 27 heavy (non-hydrogen) atoms.